The maximum absolute atomic E-state index is 12.6. The maximum Gasteiger partial charge on any atom is 0.293 e. The van der Waals surface area contributed by atoms with Crippen LogP contribution in [0.5, 0.6) is 0 Å². The number of hydrogen-bond donors (Lipinski definition) is 2. The summed E-state index contributed by atoms with van der Waals surface area (Å²) in [5, 5.41) is 16.5. The van der Waals surface area contributed by atoms with Gasteiger partial charge in [0.05, 0.1) is 16.4 Å². The highest BCUT2D eigenvalue weighted by Crippen LogP contribution is 2.28. The summed E-state index contributed by atoms with van der Waals surface area (Å²) in [4.78, 5) is 22.2. The summed E-state index contributed by atoms with van der Waals surface area (Å²) in [7, 11) is -1.26. The van der Waals surface area contributed by atoms with E-state index >= 15 is 0 Å². The van der Waals surface area contributed by atoms with Gasteiger partial charge in [-0.1, -0.05) is 13.8 Å². The van der Waals surface area contributed by atoms with Crippen molar-refractivity contribution in [1.82, 2.24) is 9.62 Å². The molecule has 0 spiro atoms. The van der Waals surface area contributed by atoms with Crippen LogP contribution in [0.3, 0.4) is 0 Å². The minimum atomic E-state index is -4.02. The summed E-state index contributed by atoms with van der Waals surface area (Å²) in [6.45, 7) is 3.50. The van der Waals surface area contributed by atoms with Gasteiger partial charge in [0.1, 0.15) is 5.69 Å². The number of likely N-dealkylation sites (N-methyl/N-ethyl adjacent to an activating group) is 1. The molecule has 0 heterocycles. The van der Waals surface area contributed by atoms with Crippen molar-refractivity contribution in [2.24, 2.45) is 0 Å². The molecule has 1 aromatic rings. The molecular formula is C15H24N4O5S. The predicted molar refractivity (Wildman–Crippen MR) is 95.0 cm³/mol. The van der Waals surface area contributed by atoms with E-state index in [0.717, 1.165) is 23.2 Å². The number of rotatable bonds is 9. The van der Waals surface area contributed by atoms with Gasteiger partial charge in [-0.25, -0.2) is 8.42 Å². The van der Waals surface area contributed by atoms with Gasteiger partial charge < -0.3 is 10.6 Å². The van der Waals surface area contributed by atoms with Crippen LogP contribution in [-0.4, -0.2) is 50.2 Å². The van der Waals surface area contributed by atoms with E-state index in [1.54, 1.807) is 0 Å². The first-order valence-corrected chi connectivity index (χ1v) is 9.33. The number of nitrogens with one attached hydrogen (secondary N) is 2. The lowest BCUT2D eigenvalue weighted by molar-refractivity contribution is -0.384. The van der Waals surface area contributed by atoms with Gasteiger partial charge in [0.15, 0.2) is 0 Å². The molecule has 10 heteroatoms. The Bertz CT molecular complexity index is 731. The number of nitro groups is 1. The number of nitrogens with zero attached hydrogens (tertiary/aromatic N) is 2. The quantitative estimate of drug-likeness (QED) is 0.501. The van der Waals surface area contributed by atoms with Crippen molar-refractivity contribution in [3.63, 3.8) is 0 Å². The minimum Gasteiger partial charge on any atom is -0.383 e. The zero-order valence-corrected chi connectivity index (χ0v) is 15.6. The standard InChI is InChI=1S/C15H24N4O5S/c1-5-11(6-2)17-15(20)10-18(4)25(23,24)12-7-8-13(16-3)14(9-12)19(21)22/h7-9,11,16H,5-6,10H2,1-4H3,(H,17,20). The summed E-state index contributed by atoms with van der Waals surface area (Å²) in [6.07, 6.45) is 1.49. The van der Waals surface area contributed by atoms with Gasteiger partial charge in [-0.15, -0.1) is 0 Å². The summed E-state index contributed by atoms with van der Waals surface area (Å²) in [5.74, 6) is -0.416. The number of hydrogen-bond acceptors (Lipinski definition) is 6. The number of benzene rings is 1. The molecular weight excluding hydrogens is 348 g/mol. The Morgan fingerprint density at radius 1 is 1.32 bits per heavy atom. The van der Waals surface area contributed by atoms with Crippen LogP contribution >= 0.6 is 0 Å². The highest BCUT2D eigenvalue weighted by atomic mass is 32.2. The topological polar surface area (TPSA) is 122 Å². The van der Waals surface area contributed by atoms with Gasteiger partial charge >= 0.3 is 0 Å². The molecule has 0 saturated carbocycles. The normalized spacial score (nSPS) is 11.6. The number of amides is 1. The minimum absolute atomic E-state index is 0.0143. The van der Waals surface area contributed by atoms with Crippen LogP contribution in [0.2, 0.25) is 0 Å². The number of carbonyl (C=O) groups excluding carboxylic acids is 1. The summed E-state index contributed by atoms with van der Waals surface area (Å²) in [6, 6.07) is 3.56. The molecule has 0 aliphatic heterocycles. The van der Waals surface area contributed by atoms with E-state index < -0.39 is 20.9 Å². The lowest BCUT2D eigenvalue weighted by Crippen LogP contribution is -2.42. The fourth-order valence-corrected chi connectivity index (χ4v) is 3.42. The first kappa shape index (κ1) is 20.8. The number of carbonyl (C=O) groups is 1. The molecule has 0 radical (unpaired) electrons. The lowest BCUT2D eigenvalue weighted by Gasteiger charge is -2.20. The maximum atomic E-state index is 12.6. The van der Waals surface area contributed by atoms with Gasteiger partial charge in [-0.2, -0.15) is 4.31 Å². The van der Waals surface area contributed by atoms with Crippen LogP contribution in [0.1, 0.15) is 26.7 Å². The van der Waals surface area contributed by atoms with Crippen LogP contribution in [0.4, 0.5) is 11.4 Å². The third kappa shape index (κ3) is 5.13. The molecule has 1 aromatic carbocycles. The molecule has 140 valence electrons. The molecule has 1 amide bonds. The molecule has 0 bridgehead atoms. The van der Waals surface area contributed by atoms with Crippen molar-refractivity contribution in [1.29, 1.82) is 0 Å². The van der Waals surface area contributed by atoms with Crippen molar-refractivity contribution in [3.05, 3.63) is 28.3 Å². The highest BCUT2D eigenvalue weighted by Gasteiger charge is 2.26. The van der Waals surface area contributed by atoms with E-state index in [1.165, 1.54) is 26.2 Å². The number of sulfonamides is 1. The Hall–Kier alpha value is -2.20. The second kappa shape index (κ2) is 8.77. The number of nitro benzene ring substituents is 1. The van der Waals surface area contributed by atoms with E-state index in [9.17, 15) is 23.3 Å². The second-order valence-electron chi connectivity index (χ2n) is 5.53. The Balaban J connectivity index is 3.02. The van der Waals surface area contributed by atoms with E-state index in [4.69, 9.17) is 0 Å². The molecule has 9 nitrogen and oxygen atoms in total. The van der Waals surface area contributed by atoms with Crippen LogP contribution in [0, 0.1) is 10.1 Å². The highest BCUT2D eigenvalue weighted by molar-refractivity contribution is 7.89. The first-order chi connectivity index (χ1) is 11.7. The molecule has 0 aliphatic rings. The van der Waals surface area contributed by atoms with Gasteiger partial charge in [-0.3, -0.25) is 14.9 Å². The molecule has 0 aromatic heterocycles. The average Bonchev–Trinajstić information content (AvgIpc) is 2.58. The fourth-order valence-electron chi connectivity index (χ4n) is 2.27. The molecule has 2 N–H and O–H groups in total. The molecule has 0 unspecified atom stereocenters. The Morgan fingerprint density at radius 2 is 1.92 bits per heavy atom. The fraction of sp³-hybridized carbons (Fsp3) is 0.533. The van der Waals surface area contributed by atoms with Crippen LogP contribution in [-0.2, 0) is 14.8 Å². The zero-order chi connectivity index (χ0) is 19.2. The van der Waals surface area contributed by atoms with E-state index in [1.807, 2.05) is 13.8 Å². The molecule has 25 heavy (non-hydrogen) atoms. The van der Waals surface area contributed by atoms with Crippen molar-refractivity contribution >= 4 is 27.3 Å². The second-order valence-corrected chi connectivity index (χ2v) is 7.57. The summed E-state index contributed by atoms with van der Waals surface area (Å²) in [5.41, 5.74) is -0.142. The van der Waals surface area contributed by atoms with Gasteiger partial charge in [0.25, 0.3) is 5.69 Å². The molecule has 0 fully saturated rings. The van der Waals surface area contributed by atoms with Gasteiger partial charge in [-0.05, 0) is 25.0 Å². The van der Waals surface area contributed by atoms with E-state index in [-0.39, 0.29) is 28.9 Å². The Kier molecular flexibility index (Phi) is 7.31. The average molecular weight is 372 g/mol. The lowest BCUT2D eigenvalue weighted by atomic mass is 10.2. The van der Waals surface area contributed by atoms with Crippen molar-refractivity contribution in [2.75, 3.05) is 26.0 Å². The molecule has 0 saturated heterocycles. The Labute approximate surface area is 147 Å². The van der Waals surface area contributed by atoms with E-state index in [0.29, 0.717) is 0 Å². The molecule has 0 aliphatic carbocycles. The molecule has 0 atom stereocenters. The SMILES string of the molecule is CCC(CC)NC(=O)CN(C)S(=O)(=O)c1ccc(NC)c([N+](=O)[O-])c1. The third-order valence-corrected chi connectivity index (χ3v) is 5.66. The smallest absolute Gasteiger partial charge is 0.293 e. The van der Waals surface area contributed by atoms with Crippen LogP contribution < -0.4 is 10.6 Å². The van der Waals surface area contributed by atoms with Crippen LogP contribution in [0.25, 0.3) is 0 Å². The zero-order valence-electron chi connectivity index (χ0n) is 14.8. The summed E-state index contributed by atoms with van der Waals surface area (Å²) < 4.78 is 26.0. The van der Waals surface area contributed by atoms with Gasteiger partial charge in [0.2, 0.25) is 15.9 Å². The van der Waals surface area contributed by atoms with Crippen molar-refractivity contribution < 1.29 is 18.1 Å². The molecule has 1 rings (SSSR count). The summed E-state index contributed by atoms with van der Waals surface area (Å²) >= 11 is 0. The van der Waals surface area contributed by atoms with Crippen molar-refractivity contribution in [3.8, 4) is 0 Å². The third-order valence-electron chi connectivity index (χ3n) is 3.86. The van der Waals surface area contributed by atoms with Crippen molar-refractivity contribution in [2.45, 2.75) is 37.6 Å². The van der Waals surface area contributed by atoms with Gasteiger partial charge in [0, 0.05) is 26.2 Å². The monoisotopic (exact) mass is 372 g/mol. The van der Waals surface area contributed by atoms with Crippen LogP contribution in [0.15, 0.2) is 23.1 Å². The first-order valence-electron chi connectivity index (χ1n) is 7.89. The Morgan fingerprint density at radius 3 is 2.40 bits per heavy atom. The largest absolute Gasteiger partial charge is 0.383 e. The number of anilines is 1. The predicted octanol–water partition coefficient (Wildman–Crippen LogP) is 1.56. The van der Waals surface area contributed by atoms with E-state index in [2.05, 4.69) is 10.6 Å².